The summed E-state index contributed by atoms with van der Waals surface area (Å²) >= 11 is 0. The van der Waals surface area contributed by atoms with Crippen molar-refractivity contribution in [2.24, 2.45) is 17.8 Å². The molecule has 2 N–H and O–H groups in total. The highest BCUT2D eigenvalue weighted by molar-refractivity contribution is 5.30. The molecule has 0 aliphatic heterocycles. The fraction of sp³-hybridized carbons (Fsp3) is 0.667. The van der Waals surface area contributed by atoms with Crippen LogP contribution in [0.2, 0.25) is 0 Å². The number of hydrogen-bond donors (Lipinski definition) is 2. The van der Waals surface area contributed by atoms with Crippen molar-refractivity contribution in [1.29, 1.82) is 0 Å². The lowest BCUT2D eigenvalue weighted by molar-refractivity contribution is 0.348. The molecule has 3 unspecified atom stereocenters. The van der Waals surface area contributed by atoms with E-state index in [1.54, 1.807) is 12.4 Å². The molecule has 4 nitrogen and oxygen atoms in total. The number of aromatic nitrogens is 2. The van der Waals surface area contributed by atoms with Crippen LogP contribution < -0.4 is 10.9 Å². The van der Waals surface area contributed by atoms with Gasteiger partial charge in [-0.25, -0.2) is 4.98 Å². The average molecular weight is 219 g/mol. The van der Waals surface area contributed by atoms with E-state index in [4.69, 9.17) is 0 Å². The Balaban J connectivity index is 1.61. The summed E-state index contributed by atoms with van der Waals surface area (Å²) in [7, 11) is 0. The van der Waals surface area contributed by atoms with E-state index in [0.717, 1.165) is 24.3 Å². The first-order valence-corrected chi connectivity index (χ1v) is 6.10. The fourth-order valence-electron chi connectivity index (χ4n) is 3.33. The minimum Gasteiger partial charge on any atom is -0.365 e. The largest absolute Gasteiger partial charge is 0.365 e. The monoisotopic (exact) mass is 219 g/mol. The molecule has 1 aromatic heterocycles. The Morgan fingerprint density at radius 3 is 3.06 bits per heavy atom. The minimum absolute atomic E-state index is 0.120. The molecule has 0 spiro atoms. The number of hydrogen-bond acceptors (Lipinski definition) is 3. The number of nitrogens with one attached hydrogen (secondary N) is 2. The van der Waals surface area contributed by atoms with Crippen molar-refractivity contribution in [3.8, 4) is 0 Å². The van der Waals surface area contributed by atoms with E-state index in [-0.39, 0.29) is 5.56 Å². The summed E-state index contributed by atoms with van der Waals surface area (Å²) in [4.78, 5) is 18.1. The number of aromatic amines is 1. The van der Waals surface area contributed by atoms with E-state index in [1.807, 2.05) is 0 Å². The van der Waals surface area contributed by atoms with Crippen molar-refractivity contribution >= 4 is 5.82 Å². The zero-order chi connectivity index (χ0) is 11.0. The van der Waals surface area contributed by atoms with Crippen LogP contribution in [0.3, 0.4) is 0 Å². The number of anilines is 1. The van der Waals surface area contributed by atoms with E-state index < -0.39 is 0 Å². The van der Waals surface area contributed by atoms with Crippen LogP contribution in [0.5, 0.6) is 0 Å². The van der Waals surface area contributed by atoms with Gasteiger partial charge in [0.2, 0.25) is 0 Å². The van der Waals surface area contributed by atoms with Gasteiger partial charge in [0.25, 0.3) is 5.56 Å². The van der Waals surface area contributed by atoms with Gasteiger partial charge in [0.15, 0.2) is 5.82 Å². The molecule has 2 bridgehead atoms. The van der Waals surface area contributed by atoms with Gasteiger partial charge in [-0.3, -0.25) is 4.79 Å². The number of H-pyrrole nitrogens is 1. The summed E-state index contributed by atoms with van der Waals surface area (Å²) < 4.78 is 0. The maximum Gasteiger partial charge on any atom is 0.290 e. The Morgan fingerprint density at radius 2 is 2.38 bits per heavy atom. The van der Waals surface area contributed by atoms with Crippen LogP contribution in [0.4, 0.5) is 5.82 Å². The van der Waals surface area contributed by atoms with E-state index in [9.17, 15) is 4.79 Å². The Morgan fingerprint density at radius 1 is 1.44 bits per heavy atom. The highest BCUT2D eigenvalue weighted by Crippen LogP contribution is 2.48. The smallest absolute Gasteiger partial charge is 0.290 e. The first-order valence-electron chi connectivity index (χ1n) is 6.10. The molecule has 4 heteroatoms. The molecule has 2 saturated carbocycles. The predicted molar refractivity (Wildman–Crippen MR) is 62.3 cm³/mol. The Kier molecular flexibility index (Phi) is 2.42. The molecule has 2 aliphatic carbocycles. The van der Waals surface area contributed by atoms with Gasteiger partial charge in [-0.2, -0.15) is 0 Å². The van der Waals surface area contributed by atoms with E-state index in [1.165, 1.54) is 25.7 Å². The summed E-state index contributed by atoms with van der Waals surface area (Å²) in [6, 6.07) is 0. The second-order valence-electron chi connectivity index (χ2n) is 5.08. The van der Waals surface area contributed by atoms with Gasteiger partial charge in [-0.05, 0) is 37.0 Å². The molecule has 1 heterocycles. The zero-order valence-electron chi connectivity index (χ0n) is 9.28. The SMILES string of the molecule is O=c1[nH]ccnc1NCC1CC2CCC1C2. The molecule has 86 valence electrons. The summed E-state index contributed by atoms with van der Waals surface area (Å²) in [5.74, 6) is 3.06. The fourth-order valence-corrected chi connectivity index (χ4v) is 3.33. The average Bonchev–Trinajstić information content (AvgIpc) is 2.90. The maximum atomic E-state index is 11.4. The van der Waals surface area contributed by atoms with Gasteiger partial charge >= 0.3 is 0 Å². The lowest BCUT2D eigenvalue weighted by Gasteiger charge is -2.21. The maximum absolute atomic E-state index is 11.4. The van der Waals surface area contributed by atoms with Crippen molar-refractivity contribution in [3.05, 3.63) is 22.7 Å². The normalized spacial score (nSPS) is 31.9. The second-order valence-corrected chi connectivity index (χ2v) is 5.08. The number of rotatable bonds is 3. The van der Waals surface area contributed by atoms with Gasteiger partial charge in [-0.15, -0.1) is 0 Å². The molecular weight excluding hydrogens is 202 g/mol. The Hall–Kier alpha value is -1.32. The molecule has 2 aliphatic rings. The van der Waals surface area contributed by atoms with Crippen LogP contribution in [-0.4, -0.2) is 16.5 Å². The lowest BCUT2D eigenvalue weighted by Crippen LogP contribution is -2.24. The minimum atomic E-state index is -0.120. The Labute approximate surface area is 94.5 Å². The van der Waals surface area contributed by atoms with E-state index in [0.29, 0.717) is 5.82 Å². The molecular formula is C12H17N3O. The van der Waals surface area contributed by atoms with Crippen molar-refractivity contribution in [2.75, 3.05) is 11.9 Å². The molecule has 0 saturated heterocycles. The summed E-state index contributed by atoms with van der Waals surface area (Å²) in [6.07, 6.45) is 8.73. The molecule has 16 heavy (non-hydrogen) atoms. The molecule has 1 aromatic rings. The van der Waals surface area contributed by atoms with Gasteiger partial charge in [0.05, 0.1) is 0 Å². The van der Waals surface area contributed by atoms with Crippen molar-refractivity contribution in [2.45, 2.75) is 25.7 Å². The lowest BCUT2D eigenvalue weighted by atomic mass is 9.89. The van der Waals surface area contributed by atoms with Crippen LogP contribution in [0.25, 0.3) is 0 Å². The molecule has 2 fully saturated rings. The van der Waals surface area contributed by atoms with Crippen molar-refractivity contribution in [1.82, 2.24) is 9.97 Å². The third kappa shape index (κ3) is 1.72. The standard InChI is InChI=1S/C12H17N3O/c16-12-11(13-3-4-14-12)15-7-10-6-8-1-2-9(10)5-8/h3-4,8-10H,1-2,5-7H2,(H,13,15)(H,14,16). The van der Waals surface area contributed by atoms with E-state index >= 15 is 0 Å². The van der Waals surface area contributed by atoms with Crippen LogP contribution in [0.1, 0.15) is 25.7 Å². The zero-order valence-corrected chi connectivity index (χ0v) is 9.28. The van der Waals surface area contributed by atoms with Crippen LogP contribution >= 0.6 is 0 Å². The molecule has 0 radical (unpaired) electrons. The Bertz CT molecular complexity index is 428. The third-order valence-electron chi connectivity index (χ3n) is 4.12. The highest BCUT2D eigenvalue weighted by atomic mass is 16.1. The van der Waals surface area contributed by atoms with Gasteiger partial charge in [0, 0.05) is 18.9 Å². The summed E-state index contributed by atoms with van der Waals surface area (Å²) in [5.41, 5.74) is -0.120. The number of fused-ring (bicyclic) bond motifs is 2. The first-order chi connectivity index (χ1) is 7.83. The highest BCUT2D eigenvalue weighted by Gasteiger charge is 2.39. The van der Waals surface area contributed by atoms with Gasteiger partial charge < -0.3 is 10.3 Å². The van der Waals surface area contributed by atoms with Crippen LogP contribution in [0, 0.1) is 17.8 Å². The van der Waals surface area contributed by atoms with Gasteiger partial charge in [-0.1, -0.05) is 6.42 Å². The van der Waals surface area contributed by atoms with Crippen LogP contribution in [-0.2, 0) is 0 Å². The first kappa shape index (κ1) is 9.87. The predicted octanol–water partition coefficient (Wildman–Crippen LogP) is 1.62. The summed E-state index contributed by atoms with van der Waals surface area (Å²) in [5, 5.41) is 3.18. The molecule has 0 aromatic carbocycles. The summed E-state index contributed by atoms with van der Waals surface area (Å²) in [6.45, 7) is 0.904. The molecule has 3 atom stereocenters. The second kappa shape index (κ2) is 3.92. The van der Waals surface area contributed by atoms with Crippen LogP contribution in [0.15, 0.2) is 17.2 Å². The quantitative estimate of drug-likeness (QED) is 0.812. The molecule has 0 amide bonds. The van der Waals surface area contributed by atoms with Crippen molar-refractivity contribution in [3.63, 3.8) is 0 Å². The topological polar surface area (TPSA) is 57.8 Å². The third-order valence-corrected chi connectivity index (χ3v) is 4.12. The van der Waals surface area contributed by atoms with E-state index in [2.05, 4.69) is 15.3 Å². The van der Waals surface area contributed by atoms with Crippen molar-refractivity contribution < 1.29 is 0 Å². The molecule has 3 rings (SSSR count). The number of nitrogens with zero attached hydrogens (tertiary/aromatic N) is 1. The van der Waals surface area contributed by atoms with Gasteiger partial charge in [0.1, 0.15) is 0 Å².